The van der Waals surface area contributed by atoms with Crippen LogP contribution in [0.3, 0.4) is 0 Å². The Balaban J connectivity index is 2.43. The molecule has 0 bridgehead atoms. The van der Waals surface area contributed by atoms with Crippen molar-refractivity contribution < 1.29 is 4.74 Å². The van der Waals surface area contributed by atoms with Crippen LogP contribution in [-0.2, 0) is 5.41 Å². The average Bonchev–Trinajstić information content (AvgIpc) is 2.47. The van der Waals surface area contributed by atoms with E-state index >= 15 is 0 Å². The maximum Gasteiger partial charge on any atom is 0.119 e. The number of hydrogen-bond donors (Lipinski definition) is 1. The summed E-state index contributed by atoms with van der Waals surface area (Å²) < 4.78 is 5.49. The van der Waals surface area contributed by atoms with Crippen LogP contribution in [0.25, 0.3) is 0 Å². The summed E-state index contributed by atoms with van der Waals surface area (Å²) in [6, 6.07) is 6.70. The molecule has 19 heavy (non-hydrogen) atoms. The molecule has 0 atom stereocenters. The molecule has 0 aromatic heterocycles. The second-order valence-electron chi connectivity index (χ2n) is 6.19. The van der Waals surface area contributed by atoms with E-state index in [1.807, 2.05) is 0 Å². The monoisotopic (exact) mass is 261 g/mol. The van der Waals surface area contributed by atoms with Crippen LogP contribution in [0.15, 0.2) is 18.2 Å². The van der Waals surface area contributed by atoms with E-state index in [9.17, 15) is 0 Å². The molecule has 2 nitrogen and oxygen atoms in total. The summed E-state index contributed by atoms with van der Waals surface area (Å²) in [5, 5.41) is 0. The summed E-state index contributed by atoms with van der Waals surface area (Å²) in [5.41, 5.74) is 9.07. The Labute approximate surface area is 117 Å². The lowest BCUT2D eigenvalue weighted by Crippen LogP contribution is -2.37. The molecule has 0 radical (unpaired) electrons. The summed E-state index contributed by atoms with van der Waals surface area (Å²) in [6.07, 6.45) is 6.38. The normalized spacial score (nSPS) is 18.6. The van der Waals surface area contributed by atoms with Crippen LogP contribution in [0, 0.1) is 0 Å². The van der Waals surface area contributed by atoms with Crippen molar-refractivity contribution in [3.63, 3.8) is 0 Å². The topological polar surface area (TPSA) is 35.2 Å². The number of methoxy groups -OCH3 is 1. The Morgan fingerprint density at radius 1 is 1.16 bits per heavy atom. The molecule has 1 aromatic rings. The van der Waals surface area contributed by atoms with E-state index in [4.69, 9.17) is 10.5 Å². The van der Waals surface area contributed by atoms with Gasteiger partial charge in [-0.2, -0.15) is 0 Å². The molecule has 1 fully saturated rings. The lowest BCUT2D eigenvalue weighted by molar-refractivity contribution is 0.299. The number of hydrogen-bond acceptors (Lipinski definition) is 2. The van der Waals surface area contributed by atoms with Gasteiger partial charge in [0, 0.05) is 12.0 Å². The van der Waals surface area contributed by atoms with Crippen molar-refractivity contribution in [2.24, 2.45) is 5.73 Å². The van der Waals surface area contributed by atoms with Crippen LogP contribution >= 0.6 is 0 Å². The maximum atomic E-state index is 6.15. The van der Waals surface area contributed by atoms with Crippen molar-refractivity contribution in [1.29, 1.82) is 0 Å². The molecule has 0 aliphatic heterocycles. The first-order chi connectivity index (χ1) is 9.11. The van der Waals surface area contributed by atoms with Gasteiger partial charge in [0.1, 0.15) is 5.75 Å². The first kappa shape index (κ1) is 14.4. The number of nitrogens with two attached hydrogens (primary N) is 1. The van der Waals surface area contributed by atoms with Crippen LogP contribution in [0.2, 0.25) is 0 Å². The predicted molar refractivity (Wildman–Crippen MR) is 80.9 cm³/mol. The number of rotatable bonds is 4. The Kier molecular flexibility index (Phi) is 4.51. The molecular weight excluding hydrogens is 234 g/mol. The number of ether oxygens (including phenoxy) is 1. The average molecular weight is 261 g/mol. The minimum absolute atomic E-state index is 0.177. The Morgan fingerprint density at radius 2 is 1.84 bits per heavy atom. The smallest absolute Gasteiger partial charge is 0.119 e. The zero-order chi connectivity index (χ0) is 13.9. The van der Waals surface area contributed by atoms with Gasteiger partial charge in [-0.25, -0.2) is 0 Å². The molecule has 0 amide bonds. The molecule has 106 valence electrons. The highest BCUT2D eigenvalue weighted by molar-refractivity contribution is 5.40. The molecule has 2 N–H and O–H groups in total. The van der Waals surface area contributed by atoms with Gasteiger partial charge >= 0.3 is 0 Å². The molecule has 2 rings (SSSR count). The van der Waals surface area contributed by atoms with Crippen LogP contribution in [0.1, 0.15) is 63.0 Å². The largest absolute Gasteiger partial charge is 0.497 e. The highest BCUT2D eigenvalue weighted by atomic mass is 16.5. The molecular formula is C17H27NO. The van der Waals surface area contributed by atoms with Crippen LogP contribution in [-0.4, -0.2) is 13.7 Å². The molecule has 0 unspecified atom stereocenters. The van der Waals surface area contributed by atoms with E-state index < -0.39 is 0 Å². The van der Waals surface area contributed by atoms with E-state index in [2.05, 4.69) is 32.0 Å². The fourth-order valence-electron chi connectivity index (χ4n) is 3.22. The van der Waals surface area contributed by atoms with Gasteiger partial charge in [-0.05, 0) is 42.0 Å². The fourth-order valence-corrected chi connectivity index (χ4v) is 3.22. The Hall–Kier alpha value is -1.02. The zero-order valence-corrected chi connectivity index (χ0v) is 12.5. The van der Waals surface area contributed by atoms with E-state index in [0.29, 0.717) is 5.92 Å². The van der Waals surface area contributed by atoms with Gasteiger partial charge in [0.15, 0.2) is 0 Å². The van der Waals surface area contributed by atoms with Gasteiger partial charge < -0.3 is 10.5 Å². The van der Waals surface area contributed by atoms with Crippen molar-refractivity contribution in [3.8, 4) is 5.75 Å². The minimum atomic E-state index is 0.177. The van der Waals surface area contributed by atoms with Gasteiger partial charge in [-0.1, -0.05) is 39.2 Å². The van der Waals surface area contributed by atoms with Gasteiger partial charge in [-0.15, -0.1) is 0 Å². The van der Waals surface area contributed by atoms with Crippen molar-refractivity contribution in [2.45, 2.75) is 57.3 Å². The molecule has 1 aromatic carbocycles. The van der Waals surface area contributed by atoms with Gasteiger partial charge in [0.25, 0.3) is 0 Å². The number of benzene rings is 1. The summed E-state index contributed by atoms with van der Waals surface area (Å²) in [4.78, 5) is 0. The second-order valence-corrected chi connectivity index (χ2v) is 6.19. The third kappa shape index (κ3) is 2.94. The summed E-state index contributed by atoms with van der Waals surface area (Å²) in [5.74, 6) is 1.49. The predicted octanol–water partition coefficient (Wildman–Crippen LogP) is 3.98. The second kappa shape index (κ2) is 5.96. The van der Waals surface area contributed by atoms with Crippen LogP contribution in [0.4, 0.5) is 0 Å². The molecule has 0 saturated heterocycles. The van der Waals surface area contributed by atoms with Crippen molar-refractivity contribution in [3.05, 3.63) is 29.3 Å². The van der Waals surface area contributed by atoms with E-state index in [0.717, 1.165) is 12.3 Å². The third-order valence-electron chi connectivity index (χ3n) is 4.64. The summed E-state index contributed by atoms with van der Waals surface area (Å²) in [7, 11) is 1.75. The summed E-state index contributed by atoms with van der Waals surface area (Å²) in [6.45, 7) is 5.21. The van der Waals surface area contributed by atoms with Crippen molar-refractivity contribution in [2.75, 3.05) is 13.7 Å². The molecule has 0 spiro atoms. The molecule has 0 heterocycles. The minimum Gasteiger partial charge on any atom is -0.497 e. The standard InChI is InChI=1S/C17H27NO/c1-13(2)14-9-15(11-16(10-14)19-3)17(12-18)7-5-4-6-8-17/h9-11,13H,4-8,12,18H2,1-3H3. The fraction of sp³-hybridized carbons (Fsp3) is 0.647. The van der Waals surface area contributed by atoms with E-state index in [1.54, 1.807) is 7.11 Å². The van der Waals surface area contributed by atoms with E-state index in [-0.39, 0.29) is 5.41 Å². The van der Waals surface area contributed by atoms with Gasteiger partial charge in [0.05, 0.1) is 7.11 Å². The van der Waals surface area contributed by atoms with Crippen LogP contribution < -0.4 is 10.5 Å². The Morgan fingerprint density at radius 3 is 2.37 bits per heavy atom. The highest BCUT2D eigenvalue weighted by Gasteiger charge is 2.33. The third-order valence-corrected chi connectivity index (χ3v) is 4.64. The van der Waals surface area contributed by atoms with Crippen LogP contribution in [0.5, 0.6) is 5.75 Å². The van der Waals surface area contributed by atoms with Gasteiger partial charge in [-0.3, -0.25) is 0 Å². The zero-order valence-electron chi connectivity index (χ0n) is 12.5. The SMILES string of the molecule is COc1cc(C(C)C)cc(C2(CN)CCCCC2)c1. The van der Waals surface area contributed by atoms with E-state index in [1.165, 1.54) is 43.2 Å². The summed E-state index contributed by atoms with van der Waals surface area (Å²) >= 11 is 0. The maximum absolute atomic E-state index is 6.15. The Bertz CT molecular complexity index is 419. The molecule has 2 heteroatoms. The van der Waals surface area contributed by atoms with Crippen molar-refractivity contribution >= 4 is 0 Å². The molecule has 1 aliphatic carbocycles. The molecule has 1 aliphatic rings. The molecule has 1 saturated carbocycles. The first-order valence-corrected chi connectivity index (χ1v) is 7.51. The highest BCUT2D eigenvalue weighted by Crippen LogP contribution is 2.40. The van der Waals surface area contributed by atoms with Gasteiger partial charge in [0.2, 0.25) is 0 Å². The lowest BCUT2D eigenvalue weighted by atomic mass is 9.69. The lowest BCUT2D eigenvalue weighted by Gasteiger charge is -2.37. The first-order valence-electron chi connectivity index (χ1n) is 7.51. The van der Waals surface area contributed by atoms with Crippen molar-refractivity contribution in [1.82, 2.24) is 0 Å². The quantitative estimate of drug-likeness (QED) is 0.889.